The van der Waals surface area contributed by atoms with E-state index in [0.717, 1.165) is 16.7 Å². The number of amides is 1. The average Bonchev–Trinajstić information content (AvgIpc) is 3.25. The van der Waals surface area contributed by atoms with E-state index in [1.165, 1.54) is 36.3 Å². The molecule has 45 heavy (non-hydrogen) atoms. The summed E-state index contributed by atoms with van der Waals surface area (Å²) in [4.78, 5) is 14.6. The molecule has 1 fully saturated rings. The Morgan fingerprint density at radius 2 is 1.84 bits per heavy atom. The molecule has 0 atom stereocenters. The largest absolute Gasteiger partial charge is 0.495 e. The predicted molar refractivity (Wildman–Crippen MR) is 160 cm³/mol. The number of ether oxygens (including phenoxy) is 3. The van der Waals surface area contributed by atoms with Crippen LogP contribution in [0.25, 0.3) is 10.9 Å². The summed E-state index contributed by atoms with van der Waals surface area (Å²) in [5.74, 6) is 4.79. The zero-order chi connectivity index (χ0) is 33.2. The number of nitrogens with two attached hydrogens (primary N) is 1. The van der Waals surface area contributed by atoms with Crippen molar-refractivity contribution in [1.29, 1.82) is 0 Å². The van der Waals surface area contributed by atoms with Crippen LogP contribution in [-0.2, 0) is 26.0 Å². The molecule has 0 bridgehead atoms. The van der Waals surface area contributed by atoms with Crippen molar-refractivity contribution >= 4 is 38.4 Å². The Morgan fingerprint density at radius 3 is 2.44 bits per heavy atom. The van der Waals surface area contributed by atoms with Gasteiger partial charge in [0.1, 0.15) is 23.7 Å². The first-order chi connectivity index (χ1) is 21.0. The number of hydrogen-bond acceptors (Lipinski definition) is 7. The van der Waals surface area contributed by atoms with Crippen molar-refractivity contribution < 1.29 is 45.0 Å². The van der Waals surface area contributed by atoms with Crippen LogP contribution in [0.15, 0.2) is 41.3 Å². The lowest BCUT2D eigenvalue weighted by Crippen LogP contribution is -2.46. The van der Waals surface area contributed by atoms with E-state index in [4.69, 9.17) is 19.3 Å². The maximum absolute atomic E-state index is 15.1. The molecule has 0 radical (unpaired) electrons. The van der Waals surface area contributed by atoms with Crippen LogP contribution in [0, 0.1) is 17.7 Å². The van der Waals surface area contributed by atoms with Gasteiger partial charge in [0.05, 0.1) is 41.1 Å². The zero-order valence-corrected chi connectivity index (χ0v) is 25.9. The van der Waals surface area contributed by atoms with Gasteiger partial charge in [-0.05, 0) is 69.9 Å². The number of halogens is 4. The molecule has 2 heterocycles. The first-order valence-corrected chi connectivity index (χ1v) is 15.4. The second kappa shape index (κ2) is 13.2. The molecule has 10 nitrogen and oxygen atoms in total. The van der Waals surface area contributed by atoms with Crippen molar-refractivity contribution in [2.75, 3.05) is 37.1 Å². The fourth-order valence-corrected chi connectivity index (χ4v) is 5.45. The molecule has 3 N–H and O–H groups in total. The third-order valence-electron chi connectivity index (χ3n) is 6.79. The minimum absolute atomic E-state index is 0.0629. The smallest absolute Gasteiger partial charge is 0.415 e. The van der Waals surface area contributed by atoms with Gasteiger partial charge in [-0.25, -0.2) is 22.7 Å². The monoisotopic (exact) mass is 654 g/mol. The Kier molecular flexibility index (Phi) is 9.91. The summed E-state index contributed by atoms with van der Waals surface area (Å²) in [6.45, 7) is 4.20. The van der Waals surface area contributed by atoms with E-state index >= 15 is 4.39 Å². The minimum Gasteiger partial charge on any atom is -0.495 e. The van der Waals surface area contributed by atoms with Crippen LogP contribution in [0.5, 0.6) is 5.75 Å². The molecule has 1 aliphatic heterocycles. The first-order valence-electron chi connectivity index (χ1n) is 13.9. The molecule has 0 spiro atoms. The summed E-state index contributed by atoms with van der Waals surface area (Å²) in [6.07, 6.45) is -4.60. The normalized spacial score (nSPS) is 14.5. The van der Waals surface area contributed by atoms with Gasteiger partial charge in [0.15, 0.2) is 0 Å². The second-order valence-electron chi connectivity index (χ2n) is 11.3. The number of hydrogen-bond donors (Lipinski definition) is 2. The summed E-state index contributed by atoms with van der Waals surface area (Å²) >= 11 is 0. The van der Waals surface area contributed by atoms with Gasteiger partial charge in [-0.15, -0.1) is 0 Å². The van der Waals surface area contributed by atoms with Gasteiger partial charge in [-0.2, -0.15) is 13.2 Å². The Balaban J connectivity index is 1.77. The molecule has 0 unspecified atom stereocenters. The van der Waals surface area contributed by atoms with Gasteiger partial charge in [0.2, 0.25) is 10.0 Å². The number of nitrogens with one attached hydrogen (secondary N) is 1. The number of carbonyl (C=O) groups excluding carboxylic acids is 1. The number of alkyl halides is 3. The van der Waals surface area contributed by atoms with Crippen molar-refractivity contribution in [1.82, 2.24) is 4.57 Å². The molecule has 0 saturated carbocycles. The Morgan fingerprint density at radius 1 is 1.16 bits per heavy atom. The van der Waals surface area contributed by atoms with Crippen molar-refractivity contribution in [2.24, 2.45) is 5.14 Å². The number of nitrogens with zero attached hydrogens (tertiary/aromatic N) is 2. The number of methoxy groups -OCH3 is 1. The molecule has 1 amide bonds. The Bertz CT molecular complexity index is 1730. The quantitative estimate of drug-likeness (QED) is 0.259. The van der Waals surface area contributed by atoms with Crippen molar-refractivity contribution in [3.63, 3.8) is 0 Å². The van der Waals surface area contributed by atoms with Crippen LogP contribution in [0.4, 0.5) is 33.7 Å². The molecule has 15 heteroatoms. The molecule has 4 rings (SSSR count). The molecule has 3 aromatic rings. The summed E-state index contributed by atoms with van der Waals surface area (Å²) in [7, 11) is -2.65. The van der Waals surface area contributed by atoms with E-state index in [9.17, 15) is 26.4 Å². The Hall–Kier alpha value is -4.00. The molecule has 1 saturated heterocycles. The molecule has 1 aromatic heterocycles. The van der Waals surface area contributed by atoms with E-state index in [1.54, 1.807) is 20.8 Å². The fourth-order valence-electron chi connectivity index (χ4n) is 4.93. The first kappa shape index (κ1) is 33.9. The summed E-state index contributed by atoms with van der Waals surface area (Å²) in [5.41, 5.74) is -0.624. The zero-order valence-electron chi connectivity index (χ0n) is 25.1. The number of fused-ring (bicyclic) bond motifs is 1. The van der Waals surface area contributed by atoms with Crippen LogP contribution in [0.1, 0.15) is 39.3 Å². The average molecular weight is 655 g/mol. The third kappa shape index (κ3) is 8.59. The van der Waals surface area contributed by atoms with Crippen LogP contribution in [0.2, 0.25) is 0 Å². The van der Waals surface area contributed by atoms with Crippen molar-refractivity contribution in [3.8, 4) is 17.6 Å². The minimum atomic E-state index is -4.67. The van der Waals surface area contributed by atoms with Gasteiger partial charge in [-0.3, -0.25) is 4.90 Å². The van der Waals surface area contributed by atoms with Crippen LogP contribution < -0.4 is 20.1 Å². The number of rotatable bonds is 7. The van der Waals surface area contributed by atoms with E-state index in [2.05, 4.69) is 17.2 Å². The molecule has 2 aromatic carbocycles. The molecular formula is C30H34F4N4O6S. The number of sulfonamides is 1. The highest BCUT2D eigenvalue weighted by molar-refractivity contribution is 7.89. The molecular weight excluding hydrogens is 620 g/mol. The van der Waals surface area contributed by atoms with E-state index < -0.39 is 46.3 Å². The maximum atomic E-state index is 15.1. The lowest BCUT2D eigenvalue weighted by molar-refractivity contribution is -0.140. The fraction of sp³-hybridized carbons (Fsp3) is 0.433. The highest BCUT2D eigenvalue weighted by Gasteiger charge is 2.35. The van der Waals surface area contributed by atoms with Crippen LogP contribution in [-0.4, -0.2) is 63.8 Å². The molecule has 244 valence electrons. The van der Waals surface area contributed by atoms with Gasteiger partial charge in [-0.1, -0.05) is 5.92 Å². The van der Waals surface area contributed by atoms with E-state index in [0.29, 0.717) is 31.7 Å². The lowest BCUT2D eigenvalue weighted by atomic mass is 10.0. The Labute approximate surface area is 258 Å². The maximum Gasteiger partial charge on any atom is 0.415 e. The number of anilines is 2. The molecule has 0 aliphatic carbocycles. The van der Waals surface area contributed by atoms with E-state index in [-0.39, 0.29) is 39.5 Å². The van der Waals surface area contributed by atoms with E-state index in [1.807, 2.05) is 0 Å². The third-order valence-corrected chi connectivity index (χ3v) is 7.70. The van der Waals surface area contributed by atoms with Crippen LogP contribution in [0.3, 0.4) is 0 Å². The number of primary sulfonamides is 1. The second-order valence-corrected chi connectivity index (χ2v) is 12.9. The van der Waals surface area contributed by atoms with Crippen molar-refractivity contribution in [2.45, 2.75) is 62.9 Å². The summed E-state index contributed by atoms with van der Waals surface area (Å²) in [6, 6.07) is 6.92. The van der Waals surface area contributed by atoms with Gasteiger partial charge in [0.25, 0.3) is 0 Å². The molecule has 1 aliphatic rings. The highest BCUT2D eigenvalue weighted by atomic mass is 32.2. The van der Waals surface area contributed by atoms with Gasteiger partial charge >= 0.3 is 12.3 Å². The van der Waals surface area contributed by atoms with Crippen molar-refractivity contribution in [3.05, 3.63) is 47.9 Å². The standard InChI is InChI=1S/C30H34F4N4O6S/c1-29(2,3)44-28(39)38(20-9-12-43-13-10-20)26-15-19(31)14-25-23(26)16-21(37(25)18-30(32,33)34)6-5-11-36-24-8-7-22(45(35,40)41)17-27(24)42-4/h7-8,14-17,20,36H,9-13,18H2,1-4H3,(H2,35,40,41). The highest BCUT2D eigenvalue weighted by Crippen LogP contribution is 2.36. The number of aromatic nitrogens is 1. The summed E-state index contributed by atoms with van der Waals surface area (Å²) < 4.78 is 96.8. The predicted octanol–water partition coefficient (Wildman–Crippen LogP) is 5.38. The summed E-state index contributed by atoms with van der Waals surface area (Å²) in [5, 5.41) is 8.28. The van der Waals surface area contributed by atoms with Gasteiger partial charge < -0.3 is 24.1 Å². The SMILES string of the molecule is COc1cc(S(N)(=O)=O)ccc1NCC#Cc1cc2c(N(C(=O)OC(C)(C)C)C3CCOCC3)cc(F)cc2n1CC(F)(F)F. The number of carbonyl (C=O) groups is 1. The number of benzene rings is 2. The lowest BCUT2D eigenvalue weighted by Gasteiger charge is -2.36. The topological polar surface area (TPSA) is 125 Å². The van der Waals surface area contributed by atoms with Crippen LogP contribution >= 0.6 is 0 Å². The van der Waals surface area contributed by atoms with Gasteiger partial charge in [0, 0.05) is 30.7 Å².